The summed E-state index contributed by atoms with van der Waals surface area (Å²) < 4.78 is 5.86. The van der Waals surface area contributed by atoms with Crippen LogP contribution in [0.5, 0.6) is 0 Å². The Morgan fingerprint density at radius 3 is 2.58 bits per heavy atom. The Morgan fingerprint density at radius 2 is 1.92 bits per heavy atom. The molecule has 0 aromatic rings. The van der Waals surface area contributed by atoms with Crippen LogP contribution in [0.25, 0.3) is 0 Å². The summed E-state index contributed by atoms with van der Waals surface area (Å²) in [5.41, 5.74) is -2.40. The fourth-order valence-electron chi connectivity index (χ4n) is 7.70. The summed E-state index contributed by atoms with van der Waals surface area (Å²) in [4.78, 5) is 25.2. The highest BCUT2D eigenvalue weighted by atomic mass is 16.6. The topological polar surface area (TPSA) is 124 Å². The van der Waals surface area contributed by atoms with Crippen LogP contribution in [0.3, 0.4) is 0 Å². The molecule has 0 amide bonds. The average Bonchev–Trinajstić information content (AvgIpc) is 3.04. The van der Waals surface area contributed by atoms with Crippen molar-refractivity contribution in [2.45, 2.75) is 56.5 Å². The minimum atomic E-state index is -1.46. The molecule has 4 N–H and O–H groups in total. The lowest BCUT2D eigenvalue weighted by atomic mass is 9.58. The fourth-order valence-corrected chi connectivity index (χ4v) is 7.70. The molecule has 5 fully saturated rings. The van der Waals surface area contributed by atoms with Crippen LogP contribution in [0.15, 0.2) is 12.2 Å². The predicted molar refractivity (Wildman–Crippen MR) is 86.6 cm³/mol. The van der Waals surface area contributed by atoms with Gasteiger partial charge < -0.3 is 25.2 Å². The van der Waals surface area contributed by atoms with Crippen molar-refractivity contribution in [1.29, 1.82) is 0 Å². The highest BCUT2D eigenvalue weighted by Gasteiger charge is 2.84. The van der Waals surface area contributed by atoms with Crippen molar-refractivity contribution >= 4 is 11.9 Å². The van der Waals surface area contributed by atoms with Gasteiger partial charge >= 0.3 is 11.9 Å². The number of rotatable bonds is 1. The van der Waals surface area contributed by atoms with Crippen LogP contribution in [-0.4, -0.2) is 56.3 Å². The zero-order valence-electron chi connectivity index (χ0n) is 14.6. The molecule has 0 aromatic heterocycles. The van der Waals surface area contributed by atoms with E-state index in [4.69, 9.17) is 4.74 Å². The van der Waals surface area contributed by atoms with E-state index in [9.17, 15) is 30.0 Å². The summed E-state index contributed by atoms with van der Waals surface area (Å²) in [6, 6.07) is 0. The molecule has 0 radical (unpaired) electrons. The average molecular weight is 364 g/mol. The molecule has 5 aliphatic rings. The van der Waals surface area contributed by atoms with Crippen molar-refractivity contribution in [3.05, 3.63) is 12.2 Å². The van der Waals surface area contributed by atoms with Crippen LogP contribution in [-0.2, 0) is 14.3 Å². The molecule has 5 rings (SSSR count). The molecule has 26 heavy (non-hydrogen) atoms. The van der Waals surface area contributed by atoms with Crippen molar-refractivity contribution in [2.75, 3.05) is 0 Å². The molecule has 7 heteroatoms. The van der Waals surface area contributed by atoms with E-state index in [1.807, 2.05) is 0 Å². The van der Waals surface area contributed by atoms with Crippen LogP contribution < -0.4 is 0 Å². The lowest BCUT2D eigenvalue weighted by Crippen LogP contribution is -2.59. The van der Waals surface area contributed by atoms with Gasteiger partial charge in [0.1, 0.15) is 11.0 Å². The van der Waals surface area contributed by atoms with E-state index in [-0.39, 0.29) is 18.3 Å². The molecule has 4 aliphatic carbocycles. The quantitative estimate of drug-likeness (QED) is 0.384. The minimum Gasteiger partial charge on any atom is -0.481 e. The number of carbonyl (C=O) groups excluding carboxylic acids is 1. The van der Waals surface area contributed by atoms with E-state index in [1.54, 1.807) is 0 Å². The largest absolute Gasteiger partial charge is 0.481 e. The van der Waals surface area contributed by atoms with Gasteiger partial charge in [-0.15, -0.1) is 0 Å². The molecule has 1 saturated heterocycles. The van der Waals surface area contributed by atoms with Crippen molar-refractivity contribution in [3.8, 4) is 0 Å². The third-order valence-electron chi connectivity index (χ3n) is 8.53. The van der Waals surface area contributed by atoms with Crippen molar-refractivity contribution < 1.29 is 34.8 Å². The molecule has 0 aromatic carbocycles. The number of aliphatic carboxylic acids is 1. The standard InChI is InChI=1S/C19H24O7/c1-7-4-18-5-8(7)9(20)3-11(18)19-6-10(21)14(22)17(2,16(25)26-19)13(19)12(18)15(23)24/h8-14,20-22H,1,3-6H2,2H3,(H,23,24)/t8-,9-,10+,11-,12-,13-,14+,17+,18-,19-/m1/s1. The first-order chi connectivity index (χ1) is 12.1. The Bertz CT molecular complexity index is 748. The van der Waals surface area contributed by atoms with E-state index in [1.165, 1.54) is 6.92 Å². The maximum atomic E-state index is 12.8. The van der Waals surface area contributed by atoms with E-state index < -0.39 is 58.5 Å². The lowest BCUT2D eigenvalue weighted by Gasteiger charge is -2.47. The second kappa shape index (κ2) is 4.51. The van der Waals surface area contributed by atoms with Gasteiger partial charge in [0.25, 0.3) is 0 Å². The number of aliphatic hydroxyl groups excluding tert-OH is 3. The molecule has 10 atom stereocenters. The summed E-state index contributed by atoms with van der Waals surface area (Å²) in [6.45, 7) is 5.60. The SMILES string of the molecule is C=C1C[C@@]23C[C@H]1[C@H](O)C[C@H]2[C@@]12C[C@H](O)[C@H](O)[C@@](C)(C(=O)O1)[C@H]2[C@@H]3C(=O)O. The Morgan fingerprint density at radius 1 is 1.23 bits per heavy atom. The third-order valence-corrected chi connectivity index (χ3v) is 8.53. The highest BCUT2D eigenvalue weighted by Crippen LogP contribution is 2.77. The first kappa shape index (κ1) is 16.7. The highest BCUT2D eigenvalue weighted by molar-refractivity contribution is 5.85. The summed E-state index contributed by atoms with van der Waals surface area (Å²) in [7, 11) is 0. The van der Waals surface area contributed by atoms with E-state index in [2.05, 4.69) is 6.58 Å². The first-order valence-corrected chi connectivity index (χ1v) is 9.27. The van der Waals surface area contributed by atoms with Crippen LogP contribution in [0.1, 0.15) is 32.6 Å². The van der Waals surface area contributed by atoms with Crippen LogP contribution in [0.4, 0.5) is 0 Å². The molecular weight excluding hydrogens is 340 g/mol. The Hall–Kier alpha value is -1.44. The van der Waals surface area contributed by atoms with Gasteiger partial charge in [-0.25, -0.2) is 0 Å². The Labute approximate surface area is 150 Å². The second-order valence-electron chi connectivity index (χ2n) is 9.37. The van der Waals surface area contributed by atoms with Crippen molar-refractivity contribution in [3.63, 3.8) is 0 Å². The molecule has 7 nitrogen and oxygen atoms in total. The number of hydrogen-bond donors (Lipinski definition) is 4. The lowest BCUT2D eigenvalue weighted by molar-refractivity contribution is -0.165. The van der Waals surface area contributed by atoms with Crippen molar-refractivity contribution in [2.24, 2.45) is 34.5 Å². The van der Waals surface area contributed by atoms with E-state index in [0.717, 1.165) is 5.57 Å². The van der Waals surface area contributed by atoms with Gasteiger partial charge in [-0.1, -0.05) is 12.2 Å². The number of carboxylic acid groups (broad SMARTS) is 1. The van der Waals surface area contributed by atoms with Gasteiger partial charge in [0.2, 0.25) is 0 Å². The number of fused-ring (bicyclic) bond motifs is 1. The summed E-state index contributed by atoms with van der Waals surface area (Å²) in [5, 5.41) is 41.9. The van der Waals surface area contributed by atoms with Gasteiger partial charge in [-0.3, -0.25) is 9.59 Å². The number of esters is 1. The third kappa shape index (κ3) is 1.47. The molecular formula is C19H24O7. The van der Waals surface area contributed by atoms with Gasteiger partial charge in [-0.05, 0) is 31.6 Å². The second-order valence-corrected chi connectivity index (χ2v) is 9.37. The van der Waals surface area contributed by atoms with Crippen molar-refractivity contribution in [1.82, 2.24) is 0 Å². The van der Waals surface area contributed by atoms with Crippen LogP contribution in [0, 0.1) is 34.5 Å². The number of carboxylic acids is 1. The zero-order chi connectivity index (χ0) is 18.8. The predicted octanol–water partition coefficient (Wildman–Crippen LogP) is 0.0778. The van der Waals surface area contributed by atoms with Gasteiger partial charge in [-0.2, -0.15) is 0 Å². The van der Waals surface area contributed by atoms with E-state index >= 15 is 0 Å². The minimum absolute atomic E-state index is 0.0141. The maximum absolute atomic E-state index is 12.8. The molecule has 1 spiro atoms. The Kier molecular flexibility index (Phi) is 2.90. The number of aliphatic hydroxyl groups is 3. The van der Waals surface area contributed by atoms with Gasteiger partial charge in [0.15, 0.2) is 0 Å². The number of carbonyl (C=O) groups is 2. The summed E-state index contributed by atoms with van der Waals surface area (Å²) in [5.74, 6) is -3.73. The molecule has 0 unspecified atom stereocenters. The monoisotopic (exact) mass is 364 g/mol. The normalized spacial score (nSPS) is 59.8. The van der Waals surface area contributed by atoms with Gasteiger partial charge in [0.05, 0.1) is 24.2 Å². The maximum Gasteiger partial charge on any atom is 0.315 e. The van der Waals surface area contributed by atoms with Gasteiger partial charge in [0, 0.05) is 24.2 Å². The zero-order valence-corrected chi connectivity index (χ0v) is 14.6. The molecule has 1 aliphatic heterocycles. The smallest absolute Gasteiger partial charge is 0.315 e. The molecule has 4 saturated carbocycles. The number of ether oxygens (including phenoxy) is 1. The summed E-state index contributed by atoms with van der Waals surface area (Å²) >= 11 is 0. The van der Waals surface area contributed by atoms with Crippen LogP contribution in [0.2, 0.25) is 0 Å². The molecule has 1 heterocycles. The van der Waals surface area contributed by atoms with E-state index in [0.29, 0.717) is 19.3 Å². The Balaban J connectivity index is 1.77. The fraction of sp³-hybridized carbons (Fsp3) is 0.789. The first-order valence-electron chi connectivity index (χ1n) is 9.27. The molecule has 142 valence electrons. The number of hydrogen-bond acceptors (Lipinski definition) is 6. The molecule has 4 bridgehead atoms. The van der Waals surface area contributed by atoms with Crippen LogP contribution >= 0.6 is 0 Å². The summed E-state index contributed by atoms with van der Waals surface area (Å²) in [6.07, 6.45) is -1.84.